The summed E-state index contributed by atoms with van der Waals surface area (Å²) in [5.41, 5.74) is 3.77. The van der Waals surface area contributed by atoms with Crippen molar-refractivity contribution >= 4 is 33.9 Å². The van der Waals surface area contributed by atoms with Crippen LogP contribution < -0.4 is 10.7 Å². The second kappa shape index (κ2) is 10.2. The van der Waals surface area contributed by atoms with Gasteiger partial charge in [0.25, 0.3) is 5.91 Å². The first-order chi connectivity index (χ1) is 19.4. The van der Waals surface area contributed by atoms with Gasteiger partial charge in [-0.25, -0.2) is 14.5 Å². The number of carbonyl (C=O) groups is 1. The third-order valence-electron chi connectivity index (χ3n) is 6.49. The van der Waals surface area contributed by atoms with Crippen molar-refractivity contribution in [1.82, 2.24) is 24.9 Å². The first-order valence-corrected chi connectivity index (χ1v) is 13.5. The van der Waals surface area contributed by atoms with Crippen LogP contribution in [-0.4, -0.2) is 25.5 Å². The van der Waals surface area contributed by atoms with Gasteiger partial charge in [0.15, 0.2) is 5.65 Å². The molecule has 0 saturated carbocycles. The van der Waals surface area contributed by atoms with E-state index in [-0.39, 0.29) is 11.3 Å². The highest BCUT2D eigenvalue weighted by Crippen LogP contribution is 2.30. The van der Waals surface area contributed by atoms with E-state index >= 15 is 0 Å². The Morgan fingerprint density at radius 3 is 2.67 bits per heavy atom. The molecular weight excluding hydrogens is 522 g/mol. The quantitative estimate of drug-likeness (QED) is 0.295. The van der Waals surface area contributed by atoms with Gasteiger partial charge in [-0.3, -0.25) is 9.59 Å². The Kier molecular flexibility index (Phi) is 6.46. The minimum atomic E-state index is -0.648. The zero-order valence-corrected chi connectivity index (χ0v) is 22.7. The van der Waals surface area contributed by atoms with E-state index in [2.05, 4.69) is 32.2 Å². The average Bonchev–Trinajstić information content (AvgIpc) is 3.53. The van der Waals surface area contributed by atoms with Crippen LogP contribution in [0.15, 0.2) is 81.6 Å². The molecule has 4 heterocycles. The van der Waals surface area contributed by atoms with Crippen LogP contribution in [0.1, 0.15) is 51.0 Å². The summed E-state index contributed by atoms with van der Waals surface area (Å²) >= 11 is 1.52. The highest BCUT2D eigenvalue weighted by molar-refractivity contribution is 7.09. The Balaban J connectivity index is 1.48. The molecule has 196 valence electrons. The summed E-state index contributed by atoms with van der Waals surface area (Å²) in [7, 11) is 0. The van der Waals surface area contributed by atoms with E-state index in [1.807, 2.05) is 42.6 Å². The molecule has 0 aliphatic heterocycles. The highest BCUT2D eigenvalue weighted by atomic mass is 32.1. The molecule has 40 heavy (non-hydrogen) atoms. The van der Waals surface area contributed by atoms with Crippen molar-refractivity contribution in [2.75, 3.05) is 0 Å². The number of hydrogen-bond acceptors (Lipinski definition) is 7. The van der Waals surface area contributed by atoms with E-state index in [0.29, 0.717) is 56.0 Å². The number of aryl methyl sites for hydroxylation is 2. The van der Waals surface area contributed by atoms with Crippen molar-refractivity contribution in [3.8, 4) is 23.0 Å². The normalized spacial score (nSPS) is 11.8. The maximum atomic E-state index is 14.2. The lowest BCUT2D eigenvalue weighted by Crippen LogP contribution is -2.28. The minimum Gasteiger partial charge on any atom is -0.458 e. The van der Waals surface area contributed by atoms with E-state index in [1.54, 1.807) is 55.0 Å². The van der Waals surface area contributed by atoms with E-state index in [4.69, 9.17) is 4.42 Å². The second-order valence-corrected chi connectivity index (χ2v) is 10.3. The molecule has 1 atom stereocenters. The van der Waals surface area contributed by atoms with Gasteiger partial charge >= 0.3 is 0 Å². The molecule has 9 heteroatoms. The van der Waals surface area contributed by atoms with E-state index < -0.39 is 6.04 Å². The third-order valence-corrected chi connectivity index (χ3v) is 7.27. The second-order valence-electron chi connectivity index (χ2n) is 9.26. The molecule has 6 aromatic rings. The van der Waals surface area contributed by atoms with Gasteiger partial charge < -0.3 is 9.73 Å². The van der Waals surface area contributed by atoms with Crippen LogP contribution in [0.3, 0.4) is 0 Å². The number of benzene rings is 2. The topological polar surface area (TPSA) is 102 Å². The molecule has 8 nitrogen and oxygen atoms in total. The first-order valence-electron chi connectivity index (χ1n) is 12.6. The van der Waals surface area contributed by atoms with Crippen LogP contribution >= 0.6 is 11.3 Å². The van der Waals surface area contributed by atoms with Crippen LogP contribution in [-0.2, 0) is 0 Å². The predicted molar refractivity (Wildman–Crippen MR) is 154 cm³/mol. The summed E-state index contributed by atoms with van der Waals surface area (Å²) in [5.74, 6) is 6.15. The van der Waals surface area contributed by atoms with E-state index in [0.717, 1.165) is 5.01 Å². The van der Waals surface area contributed by atoms with Crippen molar-refractivity contribution in [3.63, 3.8) is 0 Å². The SMILES string of the molecule is Cc1nc(C#Cc2cccc3oc([C@H](C)NC(=O)c4c(C)nn5cccnc45)c(-c4ccccc4)c(=O)c23)cs1. The zero-order valence-electron chi connectivity index (χ0n) is 21.9. The maximum absolute atomic E-state index is 14.2. The summed E-state index contributed by atoms with van der Waals surface area (Å²) in [4.78, 5) is 36.3. The Hall–Kier alpha value is -5.07. The summed E-state index contributed by atoms with van der Waals surface area (Å²) in [6, 6.07) is 15.7. The first kappa shape index (κ1) is 25.2. The molecule has 0 radical (unpaired) electrons. The molecule has 6 rings (SSSR count). The third kappa shape index (κ3) is 4.55. The van der Waals surface area contributed by atoms with E-state index in [1.165, 1.54) is 11.3 Å². The molecule has 1 amide bonds. The number of hydrogen-bond donors (Lipinski definition) is 1. The Morgan fingerprint density at radius 2 is 1.90 bits per heavy atom. The molecule has 0 aliphatic carbocycles. The standard InChI is InChI=1S/C31H23N5O3S/c1-18-25(30-32-15-8-16-36(30)35-18)31(38)33-19(2)29-27(21-9-5-4-6-10-21)28(37)26-22(11-7-12-24(26)39-29)13-14-23-17-40-20(3)34-23/h4-12,15-17,19H,1-3H3,(H,33,38)/t19-/m0/s1. The average molecular weight is 546 g/mol. The molecule has 0 saturated heterocycles. The molecule has 0 unspecified atom stereocenters. The van der Waals surface area contributed by atoms with Crippen LogP contribution in [0.4, 0.5) is 0 Å². The lowest BCUT2D eigenvalue weighted by Gasteiger charge is -2.18. The zero-order chi connectivity index (χ0) is 27.8. The van der Waals surface area contributed by atoms with Crippen molar-refractivity contribution < 1.29 is 9.21 Å². The largest absolute Gasteiger partial charge is 0.458 e. The molecular formula is C31H23N5O3S. The fraction of sp³-hybridized carbons (Fsp3) is 0.129. The molecule has 1 N–H and O–H groups in total. The summed E-state index contributed by atoms with van der Waals surface area (Å²) < 4.78 is 7.96. The molecule has 2 aromatic carbocycles. The number of thiazole rings is 1. The Labute approximate surface area is 233 Å². The fourth-order valence-corrected chi connectivity index (χ4v) is 5.24. The molecule has 0 spiro atoms. The molecule has 0 fully saturated rings. The van der Waals surface area contributed by atoms with Gasteiger partial charge in [-0.15, -0.1) is 11.3 Å². The van der Waals surface area contributed by atoms with Gasteiger partial charge in [-0.05, 0) is 50.5 Å². The lowest BCUT2D eigenvalue weighted by atomic mass is 9.97. The summed E-state index contributed by atoms with van der Waals surface area (Å²) in [6.45, 7) is 5.47. The van der Waals surface area contributed by atoms with Crippen molar-refractivity contribution in [2.24, 2.45) is 0 Å². The number of fused-ring (bicyclic) bond motifs is 2. The van der Waals surface area contributed by atoms with Crippen LogP contribution in [0.25, 0.3) is 27.7 Å². The smallest absolute Gasteiger partial charge is 0.257 e. The Bertz CT molecular complexity index is 2030. The number of carbonyl (C=O) groups excluding carboxylic acids is 1. The van der Waals surface area contributed by atoms with Gasteiger partial charge in [-0.2, -0.15) is 5.10 Å². The number of nitrogens with zero attached hydrogens (tertiary/aromatic N) is 4. The van der Waals surface area contributed by atoms with Crippen LogP contribution in [0.2, 0.25) is 0 Å². The van der Waals surface area contributed by atoms with Crippen molar-refractivity contribution in [2.45, 2.75) is 26.8 Å². The van der Waals surface area contributed by atoms with Gasteiger partial charge in [0.05, 0.1) is 27.7 Å². The maximum Gasteiger partial charge on any atom is 0.257 e. The van der Waals surface area contributed by atoms with Crippen LogP contribution in [0.5, 0.6) is 0 Å². The van der Waals surface area contributed by atoms with Gasteiger partial charge in [0.2, 0.25) is 5.43 Å². The molecule has 0 bridgehead atoms. The highest BCUT2D eigenvalue weighted by Gasteiger charge is 2.26. The van der Waals surface area contributed by atoms with Gasteiger partial charge in [-0.1, -0.05) is 42.3 Å². The molecule has 0 aliphatic rings. The van der Waals surface area contributed by atoms with Crippen molar-refractivity contribution in [3.05, 3.63) is 116 Å². The fourth-order valence-electron chi connectivity index (χ4n) is 4.69. The number of nitrogens with one attached hydrogen (secondary N) is 1. The Morgan fingerprint density at radius 1 is 1.07 bits per heavy atom. The van der Waals surface area contributed by atoms with Crippen LogP contribution in [0, 0.1) is 25.7 Å². The molecule has 4 aromatic heterocycles. The lowest BCUT2D eigenvalue weighted by molar-refractivity contribution is 0.0936. The summed E-state index contributed by atoms with van der Waals surface area (Å²) in [5, 5.41) is 10.6. The minimum absolute atomic E-state index is 0.225. The number of amides is 1. The summed E-state index contributed by atoms with van der Waals surface area (Å²) in [6.07, 6.45) is 3.35. The van der Waals surface area contributed by atoms with Crippen molar-refractivity contribution in [1.29, 1.82) is 0 Å². The van der Waals surface area contributed by atoms with Gasteiger partial charge in [0.1, 0.15) is 22.6 Å². The monoisotopic (exact) mass is 545 g/mol. The number of aromatic nitrogens is 4. The predicted octanol–water partition coefficient (Wildman–Crippen LogP) is 5.47. The van der Waals surface area contributed by atoms with E-state index in [9.17, 15) is 9.59 Å². The number of rotatable bonds is 4. The van der Waals surface area contributed by atoms with Gasteiger partial charge in [0, 0.05) is 23.3 Å².